The van der Waals surface area contributed by atoms with Gasteiger partial charge < -0.3 is 23.8 Å². The Bertz CT molecular complexity index is 1830. The number of hydrogen-bond donors (Lipinski definition) is 0. The number of carbonyl (C=O) groups is 2. The van der Waals surface area contributed by atoms with Crippen molar-refractivity contribution in [3.05, 3.63) is 94.5 Å². The van der Waals surface area contributed by atoms with Crippen LogP contribution in [0.25, 0.3) is 0 Å². The van der Waals surface area contributed by atoms with Crippen LogP contribution >= 0.6 is 11.6 Å². The van der Waals surface area contributed by atoms with Crippen LogP contribution in [0.15, 0.2) is 94.3 Å². The SMILES string of the molecule is C=CC(=O)OCCCCCOc1cc(/N=N/c2ccc(N(CCC)CCC)cc2C)c(OCCCCOC(=O)C=C)cc1/N=N/c1ccc([N+](=O)[O-])cc1Cl. The van der Waals surface area contributed by atoms with Crippen molar-refractivity contribution in [2.75, 3.05) is 44.4 Å². The lowest BCUT2D eigenvalue weighted by atomic mass is 10.1. The molecule has 0 fully saturated rings. The van der Waals surface area contributed by atoms with Gasteiger partial charge in [-0.1, -0.05) is 38.6 Å². The predicted octanol–water partition coefficient (Wildman–Crippen LogP) is 11.2. The van der Waals surface area contributed by atoms with Crippen LogP contribution in [-0.2, 0) is 19.1 Å². The van der Waals surface area contributed by atoms with Crippen molar-refractivity contribution in [2.45, 2.75) is 65.7 Å². The molecule has 0 heterocycles. The van der Waals surface area contributed by atoms with Gasteiger partial charge in [0.1, 0.15) is 28.6 Å². The molecule has 3 rings (SSSR count). The zero-order chi connectivity index (χ0) is 40.0. The van der Waals surface area contributed by atoms with Gasteiger partial charge in [-0.2, -0.15) is 5.11 Å². The van der Waals surface area contributed by atoms with Crippen LogP contribution in [0.4, 0.5) is 34.1 Å². The molecule has 3 aromatic carbocycles. The number of azo groups is 2. The van der Waals surface area contributed by atoms with Gasteiger partial charge in [0, 0.05) is 55.2 Å². The number of aryl methyl sites for hydroxylation is 1. The van der Waals surface area contributed by atoms with Crippen molar-refractivity contribution in [1.29, 1.82) is 0 Å². The Kier molecular flexibility index (Phi) is 19.0. The van der Waals surface area contributed by atoms with Gasteiger partial charge in [-0.05, 0) is 81.7 Å². The molecular weight excluding hydrogens is 728 g/mol. The molecule has 0 aliphatic heterocycles. The minimum absolute atomic E-state index is 0.0468. The molecule has 0 unspecified atom stereocenters. The monoisotopic (exact) mass is 776 g/mol. The van der Waals surface area contributed by atoms with Crippen molar-refractivity contribution in [3.8, 4) is 11.5 Å². The number of halogens is 1. The van der Waals surface area contributed by atoms with E-state index in [9.17, 15) is 19.7 Å². The first kappa shape index (κ1) is 43.8. The lowest BCUT2D eigenvalue weighted by molar-refractivity contribution is -0.384. The number of non-ortho nitro benzene ring substituents is 1. The van der Waals surface area contributed by atoms with E-state index in [2.05, 4.69) is 58.4 Å². The Balaban J connectivity index is 1.97. The summed E-state index contributed by atoms with van der Waals surface area (Å²) >= 11 is 6.30. The molecule has 0 aromatic heterocycles. The maximum absolute atomic E-state index is 11.4. The molecule has 0 atom stereocenters. The van der Waals surface area contributed by atoms with E-state index in [1.54, 1.807) is 12.1 Å². The summed E-state index contributed by atoms with van der Waals surface area (Å²) in [6.45, 7) is 16.1. The number of nitro groups is 1. The maximum Gasteiger partial charge on any atom is 0.330 e. The minimum atomic E-state index is -0.550. The Hall–Kier alpha value is -5.63. The van der Waals surface area contributed by atoms with Gasteiger partial charge in [0.25, 0.3) is 5.69 Å². The molecule has 0 saturated carbocycles. The molecule has 0 radical (unpaired) electrons. The fourth-order valence-corrected chi connectivity index (χ4v) is 5.32. The molecule has 0 aliphatic carbocycles. The summed E-state index contributed by atoms with van der Waals surface area (Å²) in [4.78, 5) is 35.8. The molecular formula is C40H49ClN6O8. The Labute approximate surface area is 327 Å². The Morgan fingerprint density at radius 1 is 0.727 bits per heavy atom. The van der Waals surface area contributed by atoms with Crippen molar-refractivity contribution < 1.29 is 33.5 Å². The quantitative estimate of drug-likeness (QED) is 0.0203. The molecule has 0 amide bonds. The van der Waals surface area contributed by atoms with Gasteiger partial charge >= 0.3 is 11.9 Å². The van der Waals surface area contributed by atoms with Crippen LogP contribution in [-0.4, -0.2) is 56.4 Å². The Morgan fingerprint density at radius 2 is 1.22 bits per heavy atom. The standard InChI is InChI=1S/C40H49ClN6O8/c1-6-19-46(20-7-2)30-15-17-33(29(5)25-30)42-44-35-27-38(52-21-11-10-12-23-54-39(48)8-3)36(28-37(35)53-22-13-14-24-55-40(49)9-4)45-43-34-18-16-31(47(50)51)26-32(34)41/h8-9,15-18,25-28H,3-4,6-7,10-14,19-24H2,1-2,5H3/b44-42+,45-43+. The zero-order valence-corrected chi connectivity index (χ0v) is 32.5. The highest BCUT2D eigenvalue weighted by molar-refractivity contribution is 6.33. The zero-order valence-electron chi connectivity index (χ0n) is 31.7. The van der Waals surface area contributed by atoms with Crippen LogP contribution < -0.4 is 14.4 Å². The minimum Gasteiger partial charge on any atom is -0.491 e. The second-order valence-corrected chi connectivity index (χ2v) is 12.7. The number of esters is 2. The molecule has 55 heavy (non-hydrogen) atoms. The predicted molar refractivity (Wildman–Crippen MR) is 213 cm³/mol. The van der Waals surface area contributed by atoms with E-state index in [1.807, 2.05) is 19.1 Å². The summed E-state index contributed by atoms with van der Waals surface area (Å²) in [5.41, 5.74) is 3.46. The largest absolute Gasteiger partial charge is 0.491 e. The third-order valence-corrected chi connectivity index (χ3v) is 8.21. The van der Waals surface area contributed by atoms with E-state index >= 15 is 0 Å². The number of unbranched alkanes of at least 4 members (excludes halogenated alkanes) is 3. The van der Waals surface area contributed by atoms with Gasteiger partial charge in [0.05, 0.1) is 42.1 Å². The van der Waals surface area contributed by atoms with Gasteiger partial charge in [0.15, 0.2) is 0 Å². The van der Waals surface area contributed by atoms with Crippen LogP contribution in [0.2, 0.25) is 5.02 Å². The molecule has 0 N–H and O–H groups in total. The number of rotatable bonds is 25. The average molecular weight is 777 g/mol. The number of hydrogen-bond acceptors (Lipinski definition) is 13. The number of nitro benzene ring substituents is 1. The average Bonchev–Trinajstić information content (AvgIpc) is 3.17. The van der Waals surface area contributed by atoms with Crippen molar-refractivity contribution in [1.82, 2.24) is 0 Å². The summed E-state index contributed by atoms with van der Waals surface area (Å²) in [6.07, 6.45) is 7.42. The smallest absolute Gasteiger partial charge is 0.330 e. The van der Waals surface area contributed by atoms with E-state index in [-0.39, 0.29) is 41.9 Å². The van der Waals surface area contributed by atoms with Crippen molar-refractivity contribution in [3.63, 3.8) is 0 Å². The van der Waals surface area contributed by atoms with Gasteiger partial charge in [-0.25, -0.2) is 9.59 Å². The first-order chi connectivity index (χ1) is 26.6. The number of nitrogens with zero attached hydrogens (tertiary/aromatic N) is 6. The van der Waals surface area contributed by atoms with Crippen molar-refractivity contribution in [2.24, 2.45) is 20.5 Å². The maximum atomic E-state index is 11.4. The summed E-state index contributed by atoms with van der Waals surface area (Å²) < 4.78 is 22.5. The van der Waals surface area contributed by atoms with Crippen molar-refractivity contribution >= 4 is 57.7 Å². The van der Waals surface area contributed by atoms with Crippen LogP contribution in [0.3, 0.4) is 0 Å². The van der Waals surface area contributed by atoms with Crippen LogP contribution in [0, 0.1) is 17.0 Å². The van der Waals surface area contributed by atoms with E-state index in [4.69, 9.17) is 30.5 Å². The van der Waals surface area contributed by atoms with E-state index in [0.29, 0.717) is 55.2 Å². The highest BCUT2D eigenvalue weighted by Crippen LogP contribution is 2.42. The topological polar surface area (TPSA) is 167 Å². The third kappa shape index (κ3) is 15.0. The molecule has 294 valence electrons. The summed E-state index contributed by atoms with van der Waals surface area (Å²) in [5.74, 6) is -0.288. The van der Waals surface area contributed by atoms with Gasteiger partial charge in [-0.3, -0.25) is 10.1 Å². The molecule has 0 bridgehead atoms. The normalized spacial score (nSPS) is 11.1. The lowest BCUT2D eigenvalue weighted by Crippen LogP contribution is -2.24. The van der Waals surface area contributed by atoms with Gasteiger partial charge in [0.2, 0.25) is 0 Å². The van der Waals surface area contributed by atoms with E-state index < -0.39 is 16.9 Å². The van der Waals surface area contributed by atoms with Crippen LogP contribution in [0.1, 0.15) is 64.4 Å². The van der Waals surface area contributed by atoms with E-state index in [1.165, 1.54) is 18.2 Å². The summed E-state index contributed by atoms with van der Waals surface area (Å²) in [6, 6.07) is 13.3. The molecule has 3 aromatic rings. The Morgan fingerprint density at radius 3 is 1.73 bits per heavy atom. The summed E-state index contributed by atoms with van der Waals surface area (Å²) in [7, 11) is 0. The lowest BCUT2D eigenvalue weighted by Gasteiger charge is -2.24. The first-order valence-electron chi connectivity index (χ1n) is 18.2. The van der Waals surface area contributed by atoms with E-state index in [0.717, 1.165) is 55.8 Å². The molecule has 14 nitrogen and oxygen atoms in total. The second-order valence-electron chi connectivity index (χ2n) is 12.2. The molecule has 0 aliphatic rings. The molecule has 0 saturated heterocycles. The summed E-state index contributed by atoms with van der Waals surface area (Å²) in [5, 5.41) is 29.1. The van der Waals surface area contributed by atoms with Gasteiger partial charge in [-0.15, -0.1) is 15.3 Å². The fraction of sp³-hybridized carbons (Fsp3) is 0.400. The second kappa shape index (κ2) is 23.9. The van der Waals surface area contributed by atoms with Crippen LogP contribution in [0.5, 0.6) is 11.5 Å². The highest BCUT2D eigenvalue weighted by Gasteiger charge is 2.15. The molecule has 0 spiro atoms. The third-order valence-electron chi connectivity index (χ3n) is 7.91. The highest BCUT2D eigenvalue weighted by atomic mass is 35.5. The number of carbonyl (C=O) groups excluding carboxylic acids is 2. The first-order valence-corrected chi connectivity index (χ1v) is 18.6. The fourth-order valence-electron chi connectivity index (χ4n) is 5.10. The number of benzene rings is 3. The molecule has 15 heteroatoms. The number of anilines is 1. The number of ether oxygens (including phenoxy) is 4.